The number of azide groups is 1. The molecule has 650 valence electrons. The fraction of sp³-hybridized carbons (Fsp3) is 0.387. The molecule has 1 unspecified atom stereocenters. The van der Waals surface area contributed by atoms with Crippen LogP contribution < -0.4 is 5.14 Å². The monoisotopic (exact) mass is 1680 g/mol. The number of nitro groups is 1. The highest BCUT2D eigenvalue weighted by atomic mass is 35.5. The fourth-order valence-corrected chi connectivity index (χ4v) is 15.2. The second-order valence-corrected chi connectivity index (χ2v) is 44.0. The van der Waals surface area contributed by atoms with Crippen LogP contribution in [0.15, 0.2) is 295 Å². The van der Waals surface area contributed by atoms with Crippen LogP contribution in [0.1, 0.15) is 239 Å². The summed E-state index contributed by atoms with van der Waals surface area (Å²) in [5.74, 6) is 0.385. The summed E-state index contributed by atoms with van der Waals surface area (Å²) in [6.45, 7) is 58.4. The number of benzene rings is 12. The molecule has 0 spiro atoms. The van der Waals surface area contributed by atoms with Crippen molar-refractivity contribution in [2.45, 2.75) is 242 Å². The number of hydrogen-bond donors (Lipinski definition) is 1. The summed E-state index contributed by atoms with van der Waals surface area (Å²) in [6.07, 6.45) is 7.35. The van der Waals surface area contributed by atoms with Gasteiger partial charge in [-0.05, 0) is 226 Å². The molecule has 0 heterocycles. The Balaban J connectivity index is 0.000000249. The number of nitro benzene ring substituents is 1. The molecule has 122 heavy (non-hydrogen) atoms. The summed E-state index contributed by atoms with van der Waals surface area (Å²) in [5.41, 5.74) is 29.0. The van der Waals surface area contributed by atoms with Gasteiger partial charge in [0.05, 0.1) is 16.4 Å². The van der Waals surface area contributed by atoms with Gasteiger partial charge in [0.15, 0.2) is 0 Å². The number of halogens is 1. The van der Waals surface area contributed by atoms with Gasteiger partial charge in [-0.3, -0.25) is 10.1 Å². The van der Waals surface area contributed by atoms with Crippen LogP contribution in [0.3, 0.4) is 0 Å². The molecule has 9 nitrogen and oxygen atoms in total. The van der Waals surface area contributed by atoms with Crippen LogP contribution in [-0.2, 0) is 61.5 Å². The molecule has 12 aromatic rings. The topological polar surface area (TPSA) is 152 Å². The van der Waals surface area contributed by atoms with Crippen molar-refractivity contribution in [2.24, 2.45) is 53.6 Å². The smallest absolute Gasteiger partial charge is 0.258 e. The summed E-state index contributed by atoms with van der Waals surface area (Å²) in [6, 6.07) is 97.3. The molecule has 2 N–H and O–H groups in total. The number of sulfonamides is 1. The molecule has 0 aliphatic heterocycles. The highest BCUT2D eigenvalue weighted by molar-refractivity contribution is 7.89. The van der Waals surface area contributed by atoms with E-state index < -0.39 is 10.0 Å². The Morgan fingerprint density at radius 1 is 0.385 bits per heavy atom. The van der Waals surface area contributed by atoms with E-state index in [-0.39, 0.29) is 37.2 Å². The van der Waals surface area contributed by atoms with Gasteiger partial charge in [-0.1, -0.05) is 437 Å². The first-order chi connectivity index (χ1) is 56.6. The van der Waals surface area contributed by atoms with Crippen LogP contribution in [0, 0.1) is 67.3 Å². The normalized spacial score (nSPS) is 12.0. The van der Waals surface area contributed by atoms with Crippen LogP contribution in [0.2, 0.25) is 5.02 Å². The average Bonchev–Trinajstić information content (AvgIpc) is 0.770. The first kappa shape index (κ1) is 103. The third kappa shape index (κ3) is 41.3. The Morgan fingerprint density at radius 3 is 1.21 bits per heavy atom. The molecule has 12 aromatic carbocycles. The van der Waals surface area contributed by atoms with E-state index in [4.69, 9.17) is 22.3 Å². The predicted molar refractivity (Wildman–Crippen MR) is 527 cm³/mol. The maximum Gasteiger partial charge on any atom is 0.269 e. The van der Waals surface area contributed by atoms with Gasteiger partial charge in [0.1, 0.15) is 0 Å². The van der Waals surface area contributed by atoms with Gasteiger partial charge >= 0.3 is 0 Å². The minimum atomic E-state index is -3.56. The first-order valence-electron chi connectivity index (χ1n) is 43.0. The van der Waals surface area contributed by atoms with E-state index in [2.05, 4.69) is 402 Å². The van der Waals surface area contributed by atoms with E-state index >= 15 is 0 Å². The summed E-state index contributed by atoms with van der Waals surface area (Å²) < 4.78 is 22.0. The Morgan fingerprint density at radius 2 is 0.770 bits per heavy atom. The lowest BCUT2D eigenvalue weighted by Gasteiger charge is -2.31. The minimum absolute atomic E-state index is 0.162. The van der Waals surface area contributed by atoms with Gasteiger partial charge in [-0.25, -0.2) is 13.6 Å². The van der Waals surface area contributed by atoms with Crippen molar-refractivity contribution in [1.82, 2.24) is 0 Å². The first-order valence-corrected chi connectivity index (χ1v) is 44.9. The van der Waals surface area contributed by atoms with E-state index in [1.165, 1.54) is 88.8 Å². The number of nitrogens with zero attached hydrogens (tertiary/aromatic N) is 4. The third-order valence-electron chi connectivity index (χ3n) is 19.2. The Labute approximate surface area is 741 Å². The summed E-state index contributed by atoms with van der Waals surface area (Å²) >= 11 is 5.98. The predicted octanol–water partition coefficient (Wildman–Crippen LogP) is 32.4. The lowest BCUT2D eigenvalue weighted by molar-refractivity contribution is -0.384. The van der Waals surface area contributed by atoms with Gasteiger partial charge in [-0.15, -0.1) is 0 Å². The van der Waals surface area contributed by atoms with Crippen molar-refractivity contribution in [3.63, 3.8) is 0 Å². The molecule has 0 aliphatic carbocycles. The van der Waals surface area contributed by atoms with Crippen LogP contribution in [0.25, 0.3) is 43.1 Å². The number of fused-ring (bicyclic) bond motifs is 2. The summed E-state index contributed by atoms with van der Waals surface area (Å²) in [5, 5.41) is 25.4. The standard InChI is InChI=1S/C19H20.C17H19Cl.C17H20.C12H17N3.2C12H18.C11H17NO2S.C11H15NO2/c1-19(2,3)13-18-16-10-6-4-8-14(16)12-15-9-5-7-11-17(15)18;1-17(2,3)16(13-7-5-4-6-8-13)14-9-11-15(18)12-10-14;1-17(2,3)13-15-11-7-8-12-16(15)14-9-5-4-6-10-14;1-12(2,3)8-10-5-4-6-11(7-10)9-14-15-13;1-10-5-7-11(8-6-10)9-12(2,3)4;1-10-6-5-7-11(8-10)9-12(2,3)4;1-11(2,3)8-9-4-6-10(7-5-9)15(12,13)14;1-11(2,3)8-9-5-4-6-10(7-9)12(13)14/h4-12H,13H2,1-3H3;4-12,16H,1-3H3;4-12H,13H2,1-3H3;4-7H,8-9H2,1-3H3;2*5-8H,9H2,1-4H3;4-7H,8H2,1-3H3,(H2,12,13,14);4-7H,8H2,1-3H3. The summed E-state index contributed by atoms with van der Waals surface area (Å²) in [7, 11) is -3.56. The van der Waals surface area contributed by atoms with Crippen molar-refractivity contribution >= 4 is 48.9 Å². The SMILES string of the molecule is CC(C)(C)C(c1ccccc1)c1ccc(Cl)cc1.CC(C)(C)Cc1c2ccccc2cc2ccccc12.CC(C)(C)Cc1ccc(S(N)(=O)=O)cc1.CC(C)(C)Cc1cccc(CN=[N+]=[N-])c1.CC(C)(C)Cc1cccc([N+](=O)[O-])c1.CC(C)(C)Cc1ccccc1-c1ccccc1.Cc1ccc(CC(C)(C)C)cc1.Cc1cccc(CC(C)(C)C)c1. The van der Waals surface area contributed by atoms with Gasteiger partial charge in [-0.2, -0.15) is 0 Å². The third-order valence-corrected chi connectivity index (χ3v) is 20.4. The summed E-state index contributed by atoms with van der Waals surface area (Å²) in [4.78, 5) is 13.1. The quantitative estimate of drug-likeness (QED) is 0.0288. The van der Waals surface area contributed by atoms with E-state index in [1.54, 1.807) is 24.3 Å². The van der Waals surface area contributed by atoms with Crippen molar-refractivity contribution in [3.8, 4) is 11.1 Å². The molecule has 11 heteroatoms. The van der Waals surface area contributed by atoms with Crippen molar-refractivity contribution < 1.29 is 13.3 Å². The molecule has 0 radical (unpaired) electrons. The average molecular weight is 1680 g/mol. The zero-order valence-corrected chi connectivity index (χ0v) is 80.2. The lowest BCUT2D eigenvalue weighted by Crippen LogP contribution is -2.19. The number of aryl methyl sites for hydroxylation is 2. The molecule has 0 amide bonds. The number of nitrogens with two attached hydrogens (primary N) is 1. The van der Waals surface area contributed by atoms with Crippen molar-refractivity contribution in [3.05, 3.63) is 377 Å². The number of primary sulfonamides is 1. The molecule has 1 atom stereocenters. The molecule has 0 bridgehead atoms. The van der Waals surface area contributed by atoms with E-state index in [0.717, 1.165) is 66.7 Å². The van der Waals surface area contributed by atoms with Crippen molar-refractivity contribution in [1.29, 1.82) is 0 Å². The zero-order chi connectivity index (χ0) is 91.1. The molecule has 0 fully saturated rings. The maximum absolute atomic E-state index is 11.0. The van der Waals surface area contributed by atoms with Crippen molar-refractivity contribution in [2.75, 3.05) is 0 Å². The van der Waals surface area contributed by atoms with Gasteiger partial charge in [0, 0.05) is 28.0 Å². The second kappa shape index (κ2) is 46.5. The molecule has 0 saturated heterocycles. The van der Waals surface area contributed by atoms with Gasteiger partial charge in [0.2, 0.25) is 10.0 Å². The highest BCUT2D eigenvalue weighted by Crippen LogP contribution is 2.41. The number of non-ortho nitro benzene ring substituents is 1. The zero-order valence-electron chi connectivity index (χ0n) is 78.7. The van der Waals surface area contributed by atoms with E-state index in [0.29, 0.717) is 34.1 Å². The van der Waals surface area contributed by atoms with E-state index in [9.17, 15) is 18.5 Å². The minimum Gasteiger partial charge on any atom is -0.258 e. The fourth-order valence-electron chi connectivity index (χ4n) is 14.6. The van der Waals surface area contributed by atoms with Crippen LogP contribution in [-0.4, -0.2) is 13.3 Å². The Bertz CT molecular complexity index is 5270. The molecule has 0 saturated carbocycles. The molecule has 0 aliphatic rings. The molecular weight excluding hydrogens is 1530 g/mol. The molecular formula is C111H144ClN5O4S. The number of hydrogen-bond acceptors (Lipinski definition) is 5. The largest absolute Gasteiger partial charge is 0.269 e. The van der Waals surface area contributed by atoms with Crippen LogP contribution in [0.5, 0.6) is 0 Å². The Kier molecular flexibility index (Phi) is 39.1. The van der Waals surface area contributed by atoms with Crippen LogP contribution >= 0.6 is 11.6 Å². The second-order valence-electron chi connectivity index (χ2n) is 42.0. The molecule has 12 rings (SSSR count). The highest BCUT2D eigenvalue weighted by Gasteiger charge is 2.28. The van der Waals surface area contributed by atoms with Gasteiger partial charge < -0.3 is 0 Å². The van der Waals surface area contributed by atoms with Gasteiger partial charge in [0.25, 0.3) is 5.69 Å². The van der Waals surface area contributed by atoms with E-state index in [1.807, 2.05) is 42.5 Å². The maximum atomic E-state index is 11.0. The number of rotatable bonds is 14. The van der Waals surface area contributed by atoms with Crippen LogP contribution in [0.4, 0.5) is 5.69 Å². The lowest BCUT2D eigenvalue weighted by atomic mass is 9.73. The molecule has 0 aromatic heterocycles. The Hall–Kier alpha value is -9.93.